The van der Waals surface area contributed by atoms with Gasteiger partial charge in [-0.3, -0.25) is 4.79 Å². The lowest BCUT2D eigenvalue weighted by atomic mass is 9.99. The summed E-state index contributed by atoms with van der Waals surface area (Å²) in [6.07, 6.45) is 0.218. The first-order chi connectivity index (χ1) is 21.0. The second-order valence-corrected chi connectivity index (χ2v) is 11.1. The third-order valence-corrected chi connectivity index (χ3v) is 8.30. The van der Waals surface area contributed by atoms with E-state index in [1.165, 1.54) is 23.1 Å². The molecule has 1 amide bonds. The molecule has 0 aliphatic carbocycles. The average molecular weight is 609 g/mol. The van der Waals surface area contributed by atoms with E-state index in [-0.39, 0.29) is 12.3 Å². The lowest BCUT2D eigenvalue weighted by molar-refractivity contribution is -0.115. The average Bonchev–Trinajstić information content (AvgIpc) is 3.52. The molecule has 0 radical (unpaired) electrons. The Morgan fingerprint density at radius 1 is 0.860 bits per heavy atom. The van der Waals surface area contributed by atoms with Gasteiger partial charge in [0.05, 0.1) is 38.3 Å². The van der Waals surface area contributed by atoms with E-state index in [4.69, 9.17) is 19.2 Å². The van der Waals surface area contributed by atoms with Crippen LogP contribution in [0.1, 0.15) is 12.0 Å². The number of amides is 1. The van der Waals surface area contributed by atoms with Crippen molar-refractivity contribution < 1.29 is 19.0 Å². The van der Waals surface area contributed by atoms with Crippen LogP contribution >= 0.6 is 23.1 Å². The van der Waals surface area contributed by atoms with Crippen molar-refractivity contribution in [2.75, 3.05) is 32.4 Å². The molecule has 5 aromatic rings. The maximum Gasteiger partial charge on any atom is 0.226 e. The highest BCUT2D eigenvalue weighted by Gasteiger charge is 2.17. The Hall–Kier alpha value is -4.85. The molecule has 0 aliphatic rings. The molecule has 3 aromatic carbocycles. The van der Waals surface area contributed by atoms with Crippen molar-refractivity contribution in [2.45, 2.75) is 11.4 Å². The predicted molar refractivity (Wildman–Crippen MR) is 171 cm³/mol. The lowest BCUT2D eigenvalue weighted by Gasteiger charge is -2.13. The fourth-order valence-corrected chi connectivity index (χ4v) is 6.05. The third kappa shape index (κ3) is 6.97. The second-order valence-electron chi connectivity index (χ2n) is 9.20. The molecule has 8 nitrogen and oxygen atoms in total. The maximum atomic E-state index is 12.8. The van der Waals surface area contributed by atoms with Crippen molar-refractivity contribution in [1.82, 2.24) is 9.97 Å². The highest BCUT2D eigenvalue weighted by Crippen LogP contribution is 2.36. The Balaban J connectivity index is 1.31. The minimum absolute atomic E-state index is 0.172. The molecule has 0 saturated heterocycles. The quantitative estimate of drug-likeness (QED) is 0.153. The van der Waals surface area contributed by atoms with Crippen LogP contribution < -0.4 is 19.5 Å². The van der Waals surface area contributed by atoms with Crippen LogP contribution in [0.4, 0.5) is 5.13 Å². The van der Waals surface area contributed by atoms with E-state index in [0.29, 0.717) is 33.0 Å². The standard InChI is InChI=1S/C33H28N4O4S2/c1-39-24-12-9-21(10-13-24)25-18-27(22-7-5-4-6-8-22)35-32(26(25)19-34)42-16-15-31(38)37-33-36-28(20-43-33)23-11-14-29(40-2)30(17-23)41-3/h4-14,17-18,20H,15-16H2,1-3H3,(H,36,37,38). The normalized spacial score (nSPS) is 10.6. The number of ether oxygens (including phenoxy) is 3. The first-order valence-electron chi connectivity index (χ1n) is 13.3. The van der Waals surface area contributed by atoms with E-state index >= 15 is 0 Å². The summed E-state index contributed by atoms with van der Waals surface area (Å²) >= 11 is 2.73. The van der Waals surface area contributed by atoms with Crippen LogP contribution in [0.3, 0.4) is 0 Å². The number of nitrogens with zero attached hydrogens (tertiary/aromatic N) is 3. The van der Waals surface area contributed by atoms with Crippen LogP contribution in [0, 0.1) is 11.3 Å². The van der Waals surface area contributed by atoms with E-state index in [2.05, 4.69) is 16.4 Å². The molecular formula is C33H28N4O4S2. The number of methoxy groups -OCH3 is 3. The van der Waals surface area contributed by atoms with Crippen molar-refractivity contribution in [3.63, 3.8) is 0 Å². The number of rotatable bonds is 11. The smallest absolute Gasteiger partial charge is 0.226 e. The number of carbonyl (C=O) groups is 1. The van der Waals surface area contributed by atoms with Crippen LogP contribution in [0.5, 0.6) is 17.2 Å². The van der Waals surface area contributed by atoms with Crippen molar-refractivity contribution in [1.29, 1.82) is 5.26 Å². The topological polar surface area (TPSA) is 106 Å². The fraction of sp³-hybridized carbons (Fsp3) is 0.152. The molecule has 0 bridgehead atoms. The molecule has 0 aliphatic heterocycles. The first kappa shape index (κ1) is 29.6. The Kier molecular flexibility index (Phi) is 9.56. The number of carbonyl (C=O) groups excluding carboxylic acids is 1. The van der Waals surface area contributed by atoms with Gasteiger partial charge in [0.1, 0.15) is 16.8 Å². The number of anilines is 1. The van der Waals surface area contributed by atoms with Gasteiger partial charge < -0.3 is 19.5 Å². The summed E-state index contributed by atoms with van der Waals surface area (Å²) in [5.74, 6) is 2.23. The Bertz CT molecular complexity index is 1770. The number of thiazole rings is 1. The summed E-state index contributed by atoms with van der Waals surface area (Å²) < 4.78 is 16.0. The first-order valence-corrected chi connectivity index (χ1v) is 15.1. The van der Waals surface area contributed by atoms with Gasteiger partial charge in [0.15, 0.2) is 16.6 Å². The van der Waals surface area contributed by atoms with Crippen LogP contribution in [0.15, 0.2) is 89.3 Å². The Morgan fingerprint density at radius 3 is 2.30 bits per heavy atom. The number of benzene rings is 3. The zero-order valence-corrected chi connectivity index (χ0v) is 25.4. The lowest BCUT2D eigenvalue weighted by Crippen LogP contribution is -2.12. The zero-order chi connectivity index (χ0) is 30.2. The summed E-state index contributed by atoms with van der Waals surface area (Å²) in [5.41, 5.74) is 5.39. The van der Waals surface area contributed by atoms with Gasteiger partial charge in [-0.2, -0.15) is 5.26 Å². The molecule has 2 heterocycles. The van der Waals surface area contributed by atoms with Crippen molar-refractivity contribution >= 4 is 34.1 Å². The van der Waals surface area contributed by atoms with Gasteiger partial charge in [-0.1, -0.05) is 42.5 Å². The number of thioether (sulfide) groups is 1. The molecule has 0 spiro atoms. The van der Waals surface area contributed by atoms with Gasteiger partial charge in [-0.25, -0.2) is 9.97 Å². The SMILES string of the molecule is COc1ccc(-c2cc(-c3ccccc3)nc(SCCC(=O)Nc3nc(-c4ccc(OC)c(OC)c4)cs3)c2C#N)cc1. The molecule has 0 atom stereocenters. The largest absolute Gasteiger partial charge is 0.497 e. The number of hydrogen-bond donors (Lipinski definition) is 1. The number of aromatic nitrogens is 2. The molecule has 0 saturated carbocycles. The van der Waals surface area contributed by atoms with Gasteiger partial charge in [0.25, 0.3) is 0 Å². The van der Waals surface area contributed by atoms with Crippen molar-refractivity contribution in [3.8, 4) is 57.0 Å². The second kappa shape index (κ2) is 13.9. The molecule has 0 unspecified atom stereocenters. The fourth-order valence-electron chi connectivity index (χ4n) is 4.37. The van der Waals surface area contributed by atoms with Crippen LogP contribution in [-0.4, -0.2) is 43.0 Å². The van der Waals surface area contributed by atoms with E-state index in [1.807, 2.05) is 84.2 Å². The predicted octanol–water partition coefficient (Wildman–Crippen LogP) is 7.56. The molecule has 1 N–H and O–H groups in total. The van der Waals surface area contributed by atoms with Gasteiger partial charge in [0, 0.05) is 34.2 Å². The maximum absolute atomic E-state index is 12.8. The summed E-state index contributed by atoms with van der Waals surface area (Å²) in [4.78, 5) is 22.2. The van der Waals surface area contributed by atoms with E-state index in [9.17, 15) is 10.1 Å². The Labute approximate surface area is 258 Å². The summed E-state index contributed by atoms with van der Waals surface area (Å²) in [6, 6.07) is 27.2. The van der Waals surface area contributed by atoms with Crippen LogP contribution in [0.2, 0.25) is 0 Å². The minimum Gasteiger partial charge on any atom is -0.497 e. The Morgan fingerprint density at radius 2 is 1.60 bits per heavy atom. The minimum atomic E-state index is -0.172. The number of pyridine rings is 1. The summed E-state index contributed by atoms with van der Waals surface area (Å²) in [7, 11) is 4.79. The molecule has 2 aromatic heterocycles. The highest BCUT2D eigenvalue weighted by atomic mass is 32.2. The number of nitriles is 1. The zero-order valence-electron chi connectivity index (χ0n) is 23.8. The van der Waals surface area contributed by atoms with Crippen LogP contribution in [-0.2, 0) is 4.79 Å². The van der Waals surface area contributed by atoms with Crippen molar-refractivity contribution in [2.24, 2.45) is 0 Å². The van der Waals surface area contributed by atoms with E-state index < -0.39 is 0 Å². The molecular weight excluding hydrogens is 581 g/mol. The number of hydrogen-bond acceptors (Lipinski definition) is 9. The van der Waals surface area contributed by atoms with Gasteiger partial charge in [-0.05, 0) is 42.0 Å². The summed E-state index contributed by atoms with van der Waals surface area (Å²) in [5, 5.41) is 16.0. The highest BCUT2D eigenvalue weighted by molar-refractivity contribution is 7.99. The van der Waals surface area contributed by atoms with Gasteiger partial charge >= 0.3 is 0 Å². The summed E-state index contributed by atoms with van der Waals surface area (Å²) in [6.45, 7) is 0. The van der Waals surface area contributed by atoms with Crippen molar-refractivity contribution in [3.05, 3.63) is 89.8 Å². The molecule has 43 heavy (non-hydrogen) atoms. The van der Waals surface area contributed by atoms with Gasteiger partial charge in [-0.15, -0.1) is 23.1 Å². The van der Waals surface area contributed by atoms with E-state index in [1.54, 1.807) is 21.3 Å². The van der Waals surface area contributed by atoms with Crippen LogP contribution in [0.25, 0.3) is 33.6 Å². The molecule has 5 rings (SSSR count). The molecule has 216 valence electrons. The van der Waals surface area contributed by atoms with E-state index in [0.717, 1.165) is 39.4 Å². The third-order valence-electron chi connectivity index (χ3n) is 6.57. The van der Waals surface area contributed by atoms with Gasteiger partial charge in [0.2, 0.25) is 5.91 Å². The molecule has 0 fully saturated rings. The molecule has 10 heteroatoms. The number of nitrogens with one attached hydrogen (secondary N) is 1. The monoisotopic (exact) mass is 608 g/mol.